The van der Waals surface area contributed by atoms with Gasteiger partial charge in [-0.25, -0.2) is 0 Å². The lowest BCUT2D eigenvalue weighted by molar-refractivity contribution is 0.273. The monoisotopic (exact) mass is 202 g/mol. The SMILES string of the molecule is C[C@H](CO)c1ccc2cc(O)ccc2c1. The second kappa shape index (κ2) is 3.91. The van der Waals surface area contributed by atoms with Crippen molar-refractivity contribution in [2.24, 2.45) is 0 Å². The Balaban J connectivity index is 2.52. The summed E-state index contributed by atoms with van der Waals surface area (Å²) < 4.78 is 0. The molecule has 2 aromatic rings. The van der Waals surface area contributed by atoms with Crippen LogP contribution in [0.4, 0.5) is 0 Å². The molecular weight excluding hydrogens is 188 g/mol. The minimum Gasteiger partial charge on any atom is -0.508 e. The molecule has 0 fully saturated rings. The van der Waals surface area contributed by atoms with E-state index in [-0.39, 0.29) is 18.3 Å². The number of hydrogen-bond acceptors (Lipinski definition) is 2. The van der Waals surface area contributed by atoms with Crippen LogP contribution in [-0.2, 0) is 0 Å². The highest BCUT2D eigenvalue weighted by Gasteiger charge is 2.04. The highest BCUT2D eigenvalue weighted by atomic mass is 16.3. The molecule has 2 aromatic carbocycles. The molecule has 2 N–H and O–H groups in total. The molecule has 0 radical (unpaired) electrons. The molecular formula is C13H14O2. The summed E-state index contributed by atoms with van der Waals surface area (Å²) in [7, 11) is 0. The molecule has 2 rings (SSSR count). The van der Waals surface area contributed by atoms with E-state index in [4.69, 9.17) is 5.11 Å². The maximum Gasteiger partial charge on any atom is 0.116 e. The van der Waals surface area contributed by atoms with E-state index in [1.54, 1.807) is 12.1 Å². The molecule has 0 aliphatic rings. The number of rotatable bonds is 2. The molecule has 0 saturated carbocycles. The molecule has 0 saturated heterocycles. The highest BCUT2D eigenvalue weighted by Crippen LogP contribution is 2.24. The van der Waals surface area contributed by atoms with Gasteiger partial charge >= 0.3 is 0 Å². The van der Waals surface area contributed by atoms with Crippen molar-refractivity contribution in [1.82, 2.24) is 0 Å². The van der Waals surface area contributed by atoms with Crippen molar-refractivity contribution in [3.05, 3.63) is 42.0 Å². The molecule has 0 heterocycles. The summed E-state index contributed by atoms with van der Waals surface area (Å²) in [5.74, 6) is 0.439. The Bertz CT molecular complexity index is 477. The number of aliphatic hydroxyl groups is 1. The summed E-state index contributed by atoms with van der Waals surface area (Å²) in [6.07, 6.45) is 0. The average Bonchev–Trinajstić information content (AvgIpc) is 2.27. The van der Waals surface area contributed by atoms with Gasteiger partial charge in [-0.05, 0) is 28.5 Å². The van der Waals surface area contributed by atoms with Crippen LogP contribution in [0.3, 0.4) is 0 Å². The van der Waals surface area contributed by atoms with E-state index in [0.717, 1.165) is 16.3 Å². The smallest absolute Gasteiger partial charge is 0.116 e. The Kier molecular flexibility index (Phi) is 2.60. The predicted molar refractivity (Wildman–Crippen MR) is 61.1 cm³/mol. The maximum atomic E-state index is 9.31. The van der Waals surface area contributed by atoms with E-state index < -0.39 is 0 Å². The van der Waals surface area contributed by atoms with Crippen LogP contribution >= 0.6 is 0 Å². The third-order valence-electron chi connectivity index (χ3n) is 2.69. The number of aliphatic hydroxyl groups excluding tert-OH is 1. The first-order valence-electron chi connectivity index (χ1n) is 5.04. The standard InChI is InChI=1S/C13H14O2/c1-9(8-14)10-2-3-12-7-13(15)5-4-11(12)6-10/h2-7,9,14-15H,8H2,1H3/t9-/m1/s1. The third kappa shape index (κ3) is 1.95. The van der Waals surface area contributed by atoms with E-state index in [9.17, 15) is 5.11 Å². The summed E-state index contributed by atoms with van der Waals surface area (Å²) >= 11 is 0. The van der Waals surface area contributed by atoms with Gasteiger partial charge in [0.15, 0.2) is 0 Å². The van der Waals surface area contributed by atoms with E-state index >= 15 is 0 Å². The van der Waals surface area contributed by atoms with Crippen LogP contribution in [0, 0.1) is 0 Å². The van der Waals surface area contributed by atoms with Crippen LogP contribution in [0.15, 0.2) is 36.4 Å². The van der Waals surface area contributed by atoms with Gasteiger partial charge in [0, 0.05) is 12.5 Å². The van der Waals surface area contributed by atoms with Gasteiger partial charge in [0.2, 0.25) is 0 Å². The number of phenolic OH excluding ortho intramolecular Hbond substituents is 1. The van der Waals surface area contributed by atoms with Crippen molar-refractivity contribution in [2.45, 2.75) is 12.8 Å². The minimum atomic E-state index is 0.156. The highest BCUT2D eigenvalue weighted by molar-refractivity contribution is 5.84. The summed E-state index contributed by atoms with van der Waals surface area (Å²) in [4.78, 5) is 0. The molecule has 0 aromatic heterocycles. The van der Waals surface area contributed by atoms with Crippen LogP contribution in [0.1, 0.15) is 18.4 Å². The zero-order valence-corrected chi connectivity index (χ0v) is 8.64. The van der Waals surface area contributed by atoms with Gasteiger partial charge in [0.05, 0.1) is 0 Å². The summed E-state index contributed by atoms with van der Waals surface area (Å²) in [6, 6.07) is 11.3. The average molecular weight is 202 g/mol. The third-order valence-corrected chi connectivity index (χ3v) is 2.69. The molecule has 0 aliphatic carbocycles. The molecule has 78 valence electrons. The van der Waals surface area contributed by atoms with Crippen LogP contribution in [-0.4, -0.2) is 16.8 Å². The van der Waals surface area contributed by atoms with Crippen LogP contribution in [0.25, 0.3) is 10.8 Å². The van der Waals surface area contributed by atoms with Gasteiger partial charge in [-0.1, -0.05) is 31.2 Å². The number of hydrogen-bond donors (Lipinski definition) is 2. The number of phenols is 1. The van der Waals surface area contributed by atoms with Gasteiger partial charge < -0.3 is 10.2 Å². The van der Waals surface area contributed by atoms with Crippen LogP contribution in [0.5, 0.6) is 5.75 Å². The predicted octanol–water partition coefficient (Wildman–Crippen LogP) is 2.64. The molecule has 0 aliphatic heterocycles. The zero-order valence-electron chi connectivity index (χ0n) is 8.64. The van der Waals surface area contributed by atoms with Crippen LogP contribution < -0.4 is 0 Å². The van der Waals surface area contributed by atoms with Gasteiger partial charge in [-0.2, -0.15) is 0 Å². The van der Waals surface area contributed by atoms with E-state index in [1.807, 2.05) is 25.1 Å². The lowest BCUT2D eigenvalue weighted by Gasteiger charge is -2.09. The number of aromatic hydroxyl groups is 1. The van der Waals surface area contributed by atoms with Crippen molar-refractivity contribution < 1.29 is 10.2 Å². The Morgan fingerprint density at radius 1 is 1.07 bits per heavy atom. The molecule has 0 bridgehead atoms. The summed E-state index contributed by atoms with van der Waals surface area (Å²) in [5, 5.41) is 20.5. The maximum absolute atomic E-state index is 9.31. The fourth-order valence-corrected chi connectivity index (χ4v) is 1.66. The van der Waals surface area contributed by atoms with E-state index in [2.05, 4.69) is 6.07 Å². The van der Waals surface area contributed by atoms with Crippen molar-refractivity contribution in [2.75, 3.05) is 6.61 Å². The molecule has 2 heteroatoms. The van der Waals surface area contributed by atoms with Gasteiger partial charge in [0.1, 0.15) is 5.75 Å². The topological polar surface area (TPSA) is 40.5 Å². The second-order valence-electron chi connectivity index (χ2n) is 3.87. The van der Waals surface area contributed by atoms with Gasteiger partial charge in [0.25, 0.3) is 0 Å². The normalized spacial score (nSPS) is 12.9. The Labute approximate surface area is 88.8 Å². The molecule has 0 spiro atoms. The van der Waals surface area contributed by atoms with Crippen LogP contribution in [0.2, 0.25) is 0 Å². The fourth-order valence-electron chi connectivity index (χ4n) is 1.66. The van der Waals surface area contributed by atoms with Crippen molar-refractivity contribution in [1.29, 1.82) is 0 Å². The minimum absolute atomic E-state index is 0.156. The largest absolute Gasteiger partial charge is 0.508 e. The van der Waals surface area contributed by atoms with Gasteiger partial charge in [-0.3, -0.25) is 0 Å². The zero-order chi connectivity index (χ0) is 10.8. The fraction of sp³-hybridized carbons (Fsp3) is 0.231. The van der Waals surface area contributed by atoms with Crippen molar-refractivity contribution in [3.63, 3.8) is 0 Å². The second-order valence-corrected chi connectivity index (χ2v) is 3.87. The molecule has 0 amide bonds. The molecule has 2 nitrogen and oxygen atoms in total. The molecule has 1 atom stereocenters. The lowest BCUT2D eigenvalue weighted by atomic mass is 9.98. The summed E-state index contributed by atoms with van der Waals surface area (Å²) in [5.41, 5.74) is 1.12. The molecule has 0 unspecified atom stereocenters. The first-order valence-corrected chi connectivity index (χ1v) is 5.04. The lowest BCUT2D eigenvalue weighted by Crippen LogP contribution is -1.98. The van der Waals surface area contributed by atoms with Crippen molar-refractivity contribution in [3.8, 4) is 5.75 Å². The number of fused-ring (bicyclic) bond motifs is 1. The first kappa shape index (κ1) is 9.99. The summed E-state index contributed by atoms with van der Waals surface area (Å²) in [6.45, 7) is 2.14. The Morgan fingerprint density at radius 3 is 2.47 bits per heavy atom. The first-order chi connectivity index (χ1) is 7.20. The van der Waals surface area contributed by atoms with E-state index in [1.165, 1.54) is 0 Å². The molecule has 15 heavy (non-hydrogen) atoms. The Hall–Kier alpha value is -1.54. The van der Waals surface area contributed by atoms with Crippen molar-refractivity contribution >= 4 is 10.8 Å². The quantitative estimate of drug-likeness (QED) is 0.786. The van der Waals surface area contributed by atoms with Gasteiger partial charge in [-0.15, -0.1) is 0 Å². The van der Waals surface area contributed by atoms with E-state index in [0.29, 0.717) is 0 Å². The Morgan fingerprint density at radius 2 is 1.73 bits per heavy atom. The number of benzene rings is 2.